The molecule has 0 spiro atoms. The molecule has 0 heterocycles. The Kier molecular flexibility index (Phi) is 3.06. The molecule has 0 unspecified atom stereocenters. The molecular formula is C13H18O3. The lowest BCUT2D eigenvalue weighted by atomic mass is 9.64. The largest absolute Gasteiger partial charge is 0.493 e. The summed E-state index contributed by atoms with van der Waals surface area (Å²) in [6.07, 6.45) is 3.21. The predicted molar refractivity (Wildman–Crippen MR) is 62.2 cm³/mol. The van der Waals surface area contributed by atoms with Gasteiger partial charge in [0.2, 0.25) is 0 Å². The van der Waals surface area contributed by atoms with Gasteiger partial charge in [0.1, 0.15) is 0 Å². The molecule has 0 radical (unpaired) electrons. The number of methoxy groups -OCH3 is 2. The SMILES string of the molecule is COc1cccc(C2(CO)CCC2)c1OC. The lowest BCUT2D eigenvalue weighted by molar-refractivity contribution is 0.117. The molecular weight excluding hydrogens is 204 g/mol. The van der Waals surface area contributed by atoms with Gasteiger partial charge < -0.3 is 14.6 Å². The third-order valence-corrected chi connectivity index (χ3v) is 3.59. The van der Waals surface area contributed by atoms with Crippen LogP contribution in [0, 0.1) is 0 Å². The Labute approximate surface area is 96.0 Å². The molecule has 3 nitrogen and oxygen atoms in total. The van der Waals surface area contributed by atoms with E-state index in [9.17, 15) is 5.11 Å². The van der Waals surface area contributed by atoms with Gasteiger partial charge in [0, 0.05) is 11.0 Å². The van der Waals surface area contributed by atoms with Crippen LogP contribution in [0.15, 0.2) is 18.2 Å². The van der Waals surface area contributed by atoms with Crippen molar-refractivity contribution in [3.8, 4) is 11.5 Å². The molecule has 0 aromatic heterocycles. The van der Waals surface area contributed by atoms with Gasteiger partial charge in [0.05, 0.1) is 20.8 Å². The fourth-order valence-corrected chi connectivity index (χ4v) is 2.42. The van der Waals surface area contributed by atoms with Gasteiger partial charge in [-0.3, -0.25) is 0 Å². The second kappa shape index (κ2) is 4.34. The number of benzene rings is 1. The summed E-state index contributed by atoms with van der Waals surface area (Å²) in [5, 5.41) is 9.58. The molecule has 1 aliphatic rings. The lowest BCUT2D eigenvalue weighted by Crippen LogP contribution is -2.38. The normalized spacial score (nSPS) is 17.7. The summed E-state index contributed by atoms with van der Waals surface area (Å²) in [7, 11) is 3.28. The molecule has 16 heavy (non-hydrogen) atoms. The van der Waals surface area contributed by atoms with Crippen LogP contribution in [0.1, 0.15) is 24.8 Å². The summed E-state index contributed by atoms with van der Waals surface area (Å²) >= 11 is 0. The highest BCUT2D eigenvalue weighted by molar-refractivity contribution is 5.51. The van der Waals surface area contributed by atoms with Gasteiger partial charge >= 0.3 is 0 Å². The van der Waals surface area contributed by atoms with Crippen LogP contribution in [0.25, 0.3) is 0 Å². The molecule has 1 fully saturated rings. The summed E-state index contributed by atoms with van der Waals surface area (Å²) in [4.78, 5) is 0. The van der Waals surface area contributed by atoms with E-state index in [-0.39, 0.29) is 12.0 Å². The molecule has 0 bridgehead atoms. The first-order valence-electron chi connectivity index (χ1n) is 5.60. The monoisotopic (exact) mass is 222 g/mol. The summed E-state index contributed by atoms with van der Waals surface area (Å²) in [5.74, 6) is 1.50. The van der Waals surface area contributed by atoms with E-state index in [0.717, 1.165) is 29.9 Å². The van der Waals surface area contributed by atoms with E-state index in [1.54, 1.807) is 14.2 Å². The number of aliphatic hydroxyl groups excluding tert-OH is 1. The Morgan fingerprint density at radius 3 is 2.44 bits per heavy atom. The molecule has 0 aliphatic heterocycles. The van der Waals surface area contributed by atoms with Gasteiger partial charge in [0.15, 0.2) is 11.5 Å². The highest BCUT2D eigenvalue weighted by Crippen LogP contribution is 2.49. The zero-order chi connectivity index (χ0) is 11.6. The summed E-state index contributed by atoms with van der Waals surface area (Å²) < 4.78 is 10.7. The zero-order valence-electron chi connectivity index (χ0n) is 9.82. The molecule has 88 valence electrons. The molecule has 1 N–H and O–H groups in total. The Morgan fingerprint density at radius 1 is 1.25 bits per heavy atom. The molecule has 3 heteroatoms. The van der Waals surface area contributed by atoms with Crippen molar-refractivity contribution in [2.45, 2.75) is 24.7 Å². The first-order valence-corrected chi connectivity index (χ1v) is 5.60. The van der Waals surface area contributed by atoms with Crippen molar-refractivity contribution in [1.29, 1.82) is 0 Å². The number of ether oxygens (including phenoxy) is 2. The minimum atomic E-state index is -0.111. The number of rotatable bonds is 4. The molecule has 1 aromatic carbocycles. The van der Waals surface area contributed by atoms with Crippen molar-refractivity contribution >= 4 is 0 Å². The molecule has 0 amide bonds. The molecule has 1 aliphatic carbocycles. The number of aliphatic hydroxyl groups is 1. The number of hydrogen-bond acceptors (Lipinski definition) is 3. The number of hydrogen-bond donors (Lipinski definition) is 1. The molecule has 2 rings (SSSR count). The van der Waals surface area contributed by atoms with Gasteiger partial charge in [-0.1, -0.05) is 18.6 Å². The maximum atomic E-state index is 9.58. The Bertz CT molecular complexity index is 364. The van der Waals surface area contributed by atoms with E-state index in [4.69, 9.17) is 9.47 Å². The third-order valence-electron chi connectivity index (χ3n) is 3.59. The van der Waals surface area contributed by atoms with Crippen molar-refractivity contribution in [3.63, 3.8) is 0 Å². The van der Waals surface area contributed by atoms with Gasteiger partial charge in [-0.25, -0.2) is 0 Å². The second-order valence-electron chi connectivity index (χ2n) is 4.33. The smallest absolute Gasteiger partial charge is 0.164 e. The average molecular weight is 222 g/mol. The predicted octanol–water partition coefficient (Wildman–Crippen LogP) is 2.12. The zero-order valence-corrected chi connectivity index (χ0v) is 9.82. The maximum Gasteiger partial charge on any atom is 0.164 e. The number of para-hydroxylation sites is 1. The van der Waals surface area contributed by atoms with Gasteiger partial charge in [-0.15, -0.1) is 0 Å². The van der Waals surface area contributed by atoms with Crippen molar-refractivity contribution in [1.82, 2.24) is 0 Å². The topological polar surface area (TPSA) is 38.7 Å². The van der Waals surface area contributed by atoms with Crippen LogP contribution in [0.2, 0.25) is 0 Å². The Balaban J connectivity index is 2.47. The van der Waals surface area contributed by atoms with E-state index in [0.29, 0.717) is 0 Å². The summed E-state index contributed by atoms with van der Waals surface area (Å²) in [6.45, 7) is 0.177. The standard InChI is InChI=1S/C13H18O3/c1-15-11-6-3-5-10(12(11)16-2)13(9-14)7-4-8-13/h3,5-6,14H,4,7-9H2,1-2H3. The highest BCUT2D eigenvalue weighted by Gasteiger charge is 2.40. The van der Waals surface area contributed by atoms with Crippen LogP contribution >= 0.6 is 0 Å². The van der Waals surface area contributed by atoms with Crippen molar-refractivity contribution in [3.05, 3.63) is 23.8 Å². The van der Waals surface area contributed by atoms with Gasteiger partial charge in [0.25, 0.3) is 0 Å². The van der Waals surface area contributed by atoms with Crippen molar-refractivity contribution in [2.75, 3.05) is 20.8 Å². The van der Waals surface area contributed by atoms with Crippen LogP contribution in [0.3, 0.4) is 0 Å². The highest BCUT2D eigenvalue weighted by atomic mass is 16.5. The minimum Gasteiger partial charge on any atom is -0.493 e. The summed E-state index contributed by atoms with van der Waals surface area (Å²) in [5.41, 5.74) is 0.961. The lowest BCUT2D eigenvalue weighted by Gasteiger charge is -2.41. The van der Waals surface area contributed by atoms with Gasteiger partial charge in [-0.05, 0) is 18.9 Å². The first kappa shape index (κ1) is 11.3. The van der Waals surface area contributed by atoms with Crippen LogP contribution in [0.4, 0.5) is 0 Å². The second-order valence-corrected chi connectivity index (χ2v) is 4.33. The van der Waals surface area contributed by atoms with E-state index in [2.05, 4.69) is 0 Å². The average Bonchev–Trinajstić information content (AvgIpc) is 2.28. The summed E-state index contributed by atoms with van der Waals surface area (Å²) in [6, 6.07) is 5.86. The van der Waals surface area contributed by atoms with Crippen LogP contribution in [0.5, 0.6) is 11.5 Å². The van der Waals surface area contributed by atoms with Crippen molar-refractivity contribution in [2.24, 2.45) is 0 Å². The van der Waals surface area contributed by atoms with Gasteiger partial charge in [-0.2, -0.15) is 0 Å². The first-order chi connectivity index (χ1) is 7.77. The van der Waals surface area contributed by atoms with E-state index < -0.39 is 0 Å². The minimum absolute atomic E-state index is 0.111. The van der Waals surface area contributed by atoms with E-state index in [1.165, 1.54) is 6.42 Å². The molecule has 1 aromatic rings. The van der Waals surface area contributed by atoms with Crippen LogP contribution in [-0.2, 0) is 5.41 Å². The van der Waals surface area contributed by atoms with Crippen molar-refractivity contribution < 1.29 is 14.6 Å². The molecule has 0 saturated heterocycles. The molecule has 0 atom stereocenters. The fourth-order valence-electron chi connectivity index (χ4n) is 2.42. The van der Waals surface area contributed by atoms with Crippen LogP contribution < -0.4 is 9.47 Å². The quantitative estimate of drug-likeness (QED) is 0.848. The Hall–Kier alpha value is -1.22. The third kappa shape index (κ3) is 1.55. The maximum absolute atomic E-state index is 9.58. The van der Waals surface area contributed by atoms with E-state index >= 15 is 0 Å². The fraction of sp³-hybridized carbons (Fsp3) is 0.538. The van der Waals surface area contributed by atoms with Crippen LogP contribution in [-0.4, -0.2) is 25.9 Å². The van der Waals surface area contributed by atoms with E-state index in [1.807, 2.05) is 18.2 Å². The molecule has 1 saturated carbocycles. The Morgan fingerprint density at radius 2 is 2.00 bits per heavy atom.